The van der Waals surface area contributed by atoms with Crippen LogP contribution in [-0.4, -0.2) is 47.0 Å². The second kappa shape index (κ2) is 11.5. The van der Waals surface area contributed by atoms with Crippen molar-refractivity contribution < 1.29 is 27.8 Å². The van der Waals surface area contributed by atoms with Gasteiger partial charge in [-0.2, -0.15) is 4.89 Å². The van der Waals surface area contributed by atoms with E-state index in [2.05, 4.69) is 21.0 Å². The van der Waals surface area contributed by atoms with Crippen molar-refractivity contribution in [3.8, 4) is 12.3 Å². The molecular weight excluding hydrogens is 294 g/mol. The number of hydrogen-bond acceptors (Lipinski definition) is 6. The second-order valence-electron chi connectivity index (χ2n) is 3.84. The summed E-state index contributed by atoms with van der Waals surface area (Å²) in [5.41, 5.74) is -0.431. The highest BCUT2D eigenvalue weighted by Gasteiger charge is 2.49. The molecule has 0 aromatic rings. The van der Waals surface area contributed by atoms with E-state index in [-0.39, 0.29) is 6.61 Å². The van der Waals surface area contributed by atoms with Crippen LogP contribution in [0.4, 0.5) is 4.79 Å². The minimum Gasteiger partial charge on any atom is -0.373 e. The molecule has 0 saturated carbocycles. The third-order valence-electron chi connectivity index (χ3n) is 2.44. The quantitative estimate of drug-likeness (QED) is 0.205. The minimum absolute atomic E-state index is 0.116. The lowest BCUT2D eigenvalue weighted by Gasteiger charge is -2.34. The van der Waals surface area contributed by atoms with Gasteiger partial charge in [-0.05, 0) is 27.2 Å². The Kier molecular flexibility index (Phi) is 10.9. The van der Waals surface area contributed by atoms with Gasteiger partial charge in [-0.15, -0.1) is 6.42 Å². The van der Waals surface area contributed by atoms with Gasteiger partial charge >= 0.3 is 14.9 Å². The Labute approximate surface area is 127 Å². The molecular formula is C13H25NO6Si. The summed E-state index contributed by atoms with van der Waals surface area (Å²) in [6.45, 7) is 8.59. The summed E-state index contributed by atoms with van der Waals surface area (Å²) in [5.74, 6) is 2.19. The molecule has 122 valence electrons. The number of carbonyl (C=O) groups is 1. The smallest absolute Gasteiger partial charge is 0.373 e. The summed E-state index contributed by atoms with van der Waals surface area (Å²) in [6.07, 6.45) is 4.80. The Morgan fingerprint density at radius 3 is 2.05 bits per heavy atom. The van der Waals surface area contributed by atoms with Crippen LogP contribution in [0.1, 0.15) is 34.1 Å². The van der Waals surface area contributed by atoms with Gasteiger partial charge in [-0.1, -0.05) is 12.8 Å². The van der Waals surface area contributed by atoms with Crippen LogP contribution >= 0.6 is 0 Å². The van der Waals surface area contributed by atoms with Crippen molar-refractivity contribution >= 4 is 14.9 Å². The lowest BCUT2D eigenvalue weighted by molar-refractivity contribution is -0.227. The summed E-state index contributed by atoms with van der Waals surface area (Å²) >= 11 is 0. The molecule has 1 amide bonds. The predicted octanol–water partition coefficient (Wildman–Crippen LogP) is 1.64. The van der Waals surface area contributed by atoms with Gasteiger partial charge in [0.1, 0.15) is 5.67 Å². The number of terminal acetylenes is 1. The van der Waals surface area contributed by atoms with E-state index >= 15 is 0 Å². The normalized spacial score (nSPS) is 12.5. The fraction of sp³-hybridized carbons (Fsp3) is 0.769. The van der Waals surface area contributed by atoms with Crippen molar-refractivity contribution in [2.45, 2.75) is 39.8 Å². The molecule has 0 radical (unpaired) electrons. The van der Waals surface area contributed by atoms with Crippen LogP contribution in [0.25, 0.3) is 0 Å². The molecule has 0 aliphatic carbocycles. The minimum atomic E-state index is -3.04. The number of carbonyl (C=O) groups excluding carboxylic acids is 1. The standard InChI is InChI=1S/C13H25NO6Si/c1-6-11-16-20-13(15)14-12(7-2)21(17-8-3,18-9-4)19-10-5/h1,12H,7-11H2,2-5H3,(H,14,15). The molecule has 1 unspecified atom stereocenters. The molecule has 0 fully saturated rings. The first-order chi connectivity index (χ1) is 10.1. The summed E-state index contributed by atoms with van der Waals surface area (Å²) in [4.78, 5) is 20.7. The number of hydrogen-bond donors (Lipinski definition) is 1. The summed E-state index contributed by atoms with van der Waals surface area (Å²) in [6, 6.07) is 0. The molecule has 0 aromatic heterocycles. The van der Waals surface area contributed by atoms with E-state index in [1.54, 1.807) is 0 Å². The van der Waals surface area contributed by atoms with Crippen LogP contribution in [0.2, 0.25) is 0 Å². The molecule has 0 rings (SSSR count). The molecule has 8 heteroatoms. The SMILES string of the molecule is C#CCOOC(=O)NC(CC)[Si](OCC)(OCC)OCC. The van der Waals surface area contributed by atoms with Crippen LogP contribution in [0.5, 0.6) is 0 Å². The van der Waals surface area contributed by atoms with Crippen LogP contribution in [0.3, 0.4) is 0 Å². The third kappa shape index (κ3) is 6.93. The maximum Gasteiger partial charge on any atom is 0.524 e. The van der Waals surface area contributed by atoms with Crippen molar-refractivity contribution in [2.24, 2.45) is 0 Å². The van der Waals surface area contributed by atoms with Gasteiger partial charge in [0.25, 0.3) is 0 Å². The Morgan fingerprint density at radius 2 is 1.67 bits per heavy atom. The zero-order chi connectivity index (χ0) is 16.1. The average Bonchev–Trinajstić information content (AvgIpc) is 2.45. The van der Waals surface area contributed by atoms with Crippen LogP contribution < -0.4 is 5.32 Å². The molecule has 0 saturated heterocycles. The molecule has 0 bridgehead atoms. The number of nitrogens with one attached hydrogen (secondary N) is 1. The summed E-state index contributed by atoms with van der Waals surface area (Å²) in [5, 5.41) is 2.65. The first kappa shape index (κ1) is 19.9. The predicted molar refractivity (Wildman–Crippen MR) is 79.1 cm³/mol. The van der Waals surface area contributed by atoms with Crippen molar-refractivity contribution in [3.05, 3.63) is 0 Å². The highest BCUT2D eigenvalue weighted by molar-refractivity contribution is 6.62. The van der Waals surface area contributed by atoms with E-state index in [1.807, 2.05) is 27.7 Å². The van der Waals surface area contributed by atoms with E-state index in [0.717, 1.165) is 0 Å². The van der Waals surface area contributed by atoms with Crippen molar-refractivity contribution in [1.82, 2.24) is 5.32 Å². The topological polar surface area (TPSA) is 75.3 Å². The molecule has 0 spiro atoms. The third-order valence-corrected chi connectivity index (χ3v) is 5.92. The lowest BCUT2D eigenvalue weighted by atomic mass is 10.5. The van der Waals surface area contributed by atoms with Gasteiger partial charge in [0.15, 0.2) is 6.61 Å². The monoisotopic (exact) mass is 319 g/mol. The van der Waals surface area contributed by atoms with Gasteiger partial charge in [0.05, 0.1) is 0 Å². The van der Waals surface area contributed by atoms with E-state index in [1.165, 1.54) is 0 Å². The largest absolute Gasteiger partial charge is 0.524 e. The highest BCUT2D eigenvalue weighted by atomic mass is 28.4. The van der Waals surface area contributed by atoms with E-state index in [9.17, 15) is 4.79 Å². The Hall–Kier alpha value is -1.11. The molecule has 7 nitrogen and oxygen atoms in total. The Balaban J connectivity index is 4.86. The van der Waals surface area contributed by atoms with Crippen LogP contribution in [0.15, 0.2) is 0 Å². The Bertz CT molecular complexity index is 316. The Morgan fingerprint density at radius 1 is 1.14 bits per heavy atom. The van der Waals surface area contributed by atoms with Gasteiger partial charge in [-0.3, -0.25) is 4.89 Å². The molecule has 1 atom stereocenters. The first-order valence-corrected chi connectivity index (χ1v) is 8.85. The van der Waals surface area contributed by atoms with Crippen molar-refractivity contribution in [2.75, 3.05) is 26.4 Å². The molecule has 0 aliphatic heterocycles. The first-order valence-electron chi connectivity index (χ1n) is 7.05. The number of rotatable bonds is 11. The van der Waals surface area contributed by atoms with E-state index < -0.39 is 20.6 Å². The van der Waals surface area contributed by atoms with E-state index in [0.29, 0.717) is 26.2 Å². The van der Waals surface area contributed by atoms with Gasteiger partial charge in [0, 0.05) is 19.8 Å². The second-order valence-corrected chi connectivity index (χ2v) is 6.61. The zero-order valence-corrected chi connectivity index (χ0v) is 14.1. The lowest BCUT2D eigenvalue weighted by Crippen LogP contribution is -2.62. The summed E-state index contributed by atoms with van der Waals surface area (Å²) < 4.78 is 17.2. The van der Waals surface area contributed by atoms with Crippen molar-refractivity contribution in [1.29, 1.82) is 0 Å². The molecule has 21 heavy (non-hydrogen) atoms. The number of amides is 1. The molecule has 0 heterocycles. The molecule has 0 aromatic carbocycles. The van der Waals surface area contributed by atoms with Gasteiger partial charge < -0.3 is 18.6 Å². The van der Waals surface area contributed by atoms with Crippen LogP contribution in [0, 0.1) is 12.3 Å². The van der Waals surface area contributed by atoms with Crippen LogP contribution in [-0.2, 0) is 23.1 Å². The maximum atomic E-state index is 11.7. The fourth-order valence-corrected chi connectivity index (χ4v) is 4.61. The molecule has 0 aliphatic rings. The van der Waals surface area contributed by atoms with E-state index in [4.69, 9.17) is 19.7 Å². The molecule has 1 N–H and O–H groups in total. The summed E-state index contributed by atoms with van der Waals surface area (Å²) in [7, 11) is -3.04. The van der Waals surface area contributed by atoms with Crippen molar-refractivity contribution in [3.63, 3.8) is 0 Å². The maximum absolute atomic E-state index is 11.7. The average molecular weight is 319 g/mol. The zero-order valence-electron chi connectivity index (χ0n) is 13.1. The van der Waals surface area contributed by atoms with Gasteiger partial charge in [0.2, 0.25) is 0 Å². The highest BCUT2D eigenvalue weighted by Crippen LogP contribution is 2.18. The fourth-order valence-electron chi connectivity index (χ4n) is 1.75. The van der Waals surface area contributed by atoms with Gasteiger partial charge in [-0.25, -0.2) is 4.79 Å².